The second kappa shape index (κ2) is 8.72. The van der Waals surface area contributed by atoms with Crippen molar-refractivity contribution in [2.24, 2.45) is 0 Å². The fraction of sp³-hybridized carbons (Fsp3) is 0.368. The number of carboxylic acids is 1. The second-order valence-corrected chi connectivity index (χ2v) is 9.13. The smallest absolute Gasteiger partial charge is 0.548 e. The molecule has 2 amide bonds. The van der Waals surface area contributed by atoms with Gasteiger partial charge in [-0.15, -0.1) is 11.8 Å². The van der Waals surface area contributed by atoms with Gasteiger partial charge in [0.2, 0.25) is 5.91 Å². The number of amides is 2. The molecule has 1 aromatic heterocycles. The predicted octanol–water partition coefficient (Wildman–Crippen LogP) is -3.26. The number of carboxylic acid groups (broad SMARTS) is 1. The molecule has 3 atom stereocenters. The van der Waals surface area contributed by atoms with E-state index in [0.717, 1.165) is 5.56 Å². The summed E-state index contributed by atoms with van der Waals surface area (Å²) in [6.45, 7) is 5.13. The number of thioether (sulfide) groups is 1. The van der Waals surface area contributed by atoms with Crippen molar-refractivity contribution < 1.29 is 59.0 Å². The minimum absolute atomic E-state index is 0. The van der Waals surface area contributed by atoms with Gasteiger partial charge in [0.25, 0.3) is 5.91 Å². The molecule has 154 valence electrons. The van der Waals surface area contributed by atoms with E-state index in [4.69, 9.17) is 4.52 Å². The van der Waals surface area contributed by atoms with Crippen LogP contribution in [0.25, 0.3) is 11.3 Å². The average molecular weight is 441 g/mol. The molecular weight excluding hydrogens is 421 g/mol. The van der Waals surface area contributed by atoms with Crippen LogP contribution < -0.4 is 40.0 Å². The number of carbonyl (C=O) groups is 3. The van der Waals surface area contributed by atoms with E-state index in [1.54, 1.807) is 20.8 Å². The molecule has 0 radical (unpaired) electrons. The number of aromatic nitrogens is 1. The van der Waals surface area contributed by atoms with Crippen molar-refractivity contribution in [1.29, 1.82) is 0 Å². The number of fused-ring (bicyclic) bond motifs is 1. The van der Waals surface area contributed by atoms with Crippen molar-refractivity contribution in [3.05, 3.63) is 41.7 Å². The van der Waals surface area contributed by atoms with Gasteiger partial charge in [0.05, 0.1) is 12.0 Å². The Morgan fingerprint density at radius 2 is 1.90 bits per heavy atom. The molecule has 4 rings (SSSR count). The summed E-state index contributed by atoms with van der Waals surface area (Å²) in [5.41, 5.74) is 1.38. The Labute approximate surface area is 199 Å². The molecule has 0 bridgehead atoms. The van der Waals surface area contributed by atoms with Gasteiger partial charge in [0.1, 0.15) is 28.4 Å². The minimum Gasteiger partial charge on any atom is -0.548 e. The molecular formula is C19H20N3NaO6S. The van der Waals surface area contributed by atoms with E-state index in [9.17, 15) is 19.5 Å². The molecule has 11 heteroatoms. The summed E-state index contributed by atoms with van der Waals surface area (Å²) < 4.78 is 4.49. The van der Waals surface area contributed by atoms with E-state index >= 15 is 0 Å². The van der Waals surface area contributed by atoms with Crippen LogP contribution in [0.2, 0.25) is 0 Å². The van der Waals surface area contributed by atoms with E-state index in [1.165, 1.54) is 16.7 Å². The molecule has 1 aromatic carbocycles. The van der Waals surface area contributed by atoms with Crippen molar-refractivity contribution in [3.63, 3.8) is 0 Å². The maximum Gasteiger partial charge on any atom is 1.00 e. The third-order valence-electron chi connectivity index (χ3n) is 5.09. The van der Waals surface area contributed by atoms with Crippen LogP contribution in [-0.4, -0.2) is 55.5 Å². The summed E-state index contributed by atoms with van der Waals surface area (Å²) in [6.07, 6.45) is 0. The summed E-state index contributed by atoms with van der Waals surface area (Å²) >= 11 is 1.34. The van der Waals surface area contributed by atoms with Crippen molar-refractivity contribution >= 4 is 29.5 Å². The Kier molecular flexibility index (Phi) is 7.10. The number of carbonyl (C=O) groups excluding carboxylic acids is 3. The summed E-state index contributed by atoms with van der Waals surface area (Å²) in [6, 6.07) is 7.29. The zero-order valence-corrected chi connectivity index (χ0v) is 19.8. The summed E-state index contributed by atoms with van der Waals surface area (Å²) in [7, 11) is 0. The Bertz CT molecular complexity index is 980. The first-order valence-corrected chi connectivity index (χ1v) is 9.64. The number of aryl methyl sites for hydroxylation is 1. The SMILES string of the molecule is Cc1onc(-c2ccccc2)c1C(=O)N[C@@H]1C(=O)N2[C@@H](C(=O)[O-])C(C)(C)S[C@@H]12.O.[Na+]. The molecule has 0 unspecified atom stereocenters. The van der Waals surface area contributed by atoms with Gasteiger partial charge in [-0.1, -0.05) is 35.5 Å². The number of nitrogens with one attached hydrogen (secondary N) is 1. The third kappa shape index (κ3) is 3.78. The minimum atomic E-state index is -1.29. The fourth-order valence-corrected chi connectivity index (χ4v) is 5.39. The summed E-state index contributed by atoms with van der Waals surface area (Å²) in [4.78, 5) is 38.2. The molecule has 3 N–H and O–H groups in total. The van der Waals surface area contributed by atoms with Gasteiger partial charge in [-0.2, -0.15) is 0 Å². The van der Waals surface area contributed by atoms with Gasteiger partial charge >= 0.3 is 29.6 Å². The molecule has 2 aliphatic rings. The van der Waals surface area contributed by atoms with E-state index in [1.807, 2.05) is 30.3 Å². The monoisotopic (exact) mass is 441 g/mol. The number of benzene rings is 1. The van der Waals surface area contributed by atoms with Crippen LogP contribution in [0.15, 0.2) is 34.9 Å². The molecule has 30 heavy (non-hydrogen) atoms. The van der Waals surface area contributed by atoms with Crippen LogP contribution in [-0.2, 0) is 9.59 Å². The number of hydrogen-bond acceptors (Lipinski definition) is 7. The summed E-state index contributed by atoms with van der Waals surface area (Å²) in [5, 5.41) is 17.7. The van der Waals surface area contributed by atoms with E-state index in [2.05, 4.69) is 10.5 Å². The molecule has 2 saturated heterocycles. The first-order valence-electron chi connectivity index (χ1n) is 8.76. The molecule has 0 aliphatic carbocycles. The van der Waals surface area contributed by atoms with E-state index < -0.39 is 40.0 Å². The molecule has 2 fully saturated rings. The Morgan fingerprint density at radius 3 is 2.50 bits per heavy atom. The topological polar surface area (TPSA) is 147 Å². The molecule has 9 nitrogen and oxygen atoms in total. The van der Waals surface area contributed by atoms with Crippen molar-refractivity contribution in [2.45, 2.75) is 43.0 Å². The maximum atomic E-state index is 12.9. The molecule has 2 aliphatic heterocycles. The fourth-order valence-electron chi connectivity index (χ4n) is 3.77. The van der Waals surface area contributed by atoms with Gasteiger partial charge < -0.3 is 30.1 Å². The molecule has 3 heterocycles. The Balaban J connectivity index is 0.00000160. The number of nitrogens with zero attached hydrogens (tertiary/aromatic N) is 2. The van der Waals surface area contributed by atoms with Crippen molar-refractivity contribution in [3.8, 4) is 11.3 Å². The second-order valence-electron chi connectivity index (χ2n) is 7.36. The predicted molar refractivity (Wildman–Crippen MR) is 103 cm³/mol. The quantitative estimate of drug-likeness (QED) is 0.387. The normalized spacial score (nSPS) is 23.5. The molecule has 2 aromatic rings. The zero-order chi connectivity index (χ0) is 20.2. The maximum absolute atomic E-state index is 12.9. The third-order valence-corrected chi connectivity index (χ3v) is 6.66. The number of aliphatic carboxylic acids is 1. The van der Waals surface area contributed by atoms with Crippen molar-refractivity contribution in [1.82, 2.24) is 15.4 Å². The molecule has 0 saturated carbocycles. The van der Waals surface area contributed by atoms with E-state index in [-0.39, 0.29) is 40.6 Å². The van der Waals surface area contributed by atoms with Gasteiger partial charge in [0, 0.05) is 10.3 Å². The Morgan fingerprint density at radius 1 is 1.27 bits per heavy atom. The molecule has 0 spiro atoms. The van der Waals surface area contributed by atoms with Crippen LogP contribution in [0.3, 0.4) is 0 Å². The van der Waals surface area contributed by atoms with Gasteiger partial charge in [-0.25, -0.2) is 0 Å². The van der Waals surface area contributed by atoms with Gasteiger partial charge in [0.15, 0.2) is 0 Å². The average Bonchev–Trinajstić information content (AvgIpc) is 3.15. The van der Waals surface area contributed by atoms with E-state index in [0.29, 0.717) is 11.5 Å². The number of hydrogen-bond donors (Lipinski definition) is 1. The zero-order valence-electron chi connectivity index (χ0n) is 17.0. The van der Waals surface area contributed by atoms with Crippen LogP contribution in [0.1, 0.15) is 30.0 Å². The van der Waals surface area contributed by atoms with Crippen LogP contribution in [0.4, 0.5) is 0 Å². The van der Waals surface area contributed by atoms with Crippen LogP contribution in [0.5, 0.6) is 0 Å². The van der Waals surface area contributed by atoms with Crippen LogP contribution >= 0.6 is 11.8 Å². The number of rotatable bonds is 4. The standard InChI is InChI=1S/C19H19N3O5S.Na.H2O/c1-9-11(12(21-27-9)10-7-5-4-6-8-10)15(23)20-13-16(24)22-14(18(25)26)19(2,3)28-17(13)22;;/h4-8,13-14,17H,1-3H3,(H,20,23)(H,25,26);;1H2/q;+1;/p-1/t13-,14+,17+;;/m1../s1. The largest absolute Gasteiger partial charge is 1.00 e. The van der Waals surface area contributed by atoms with Gasteiger partial charge in [-0.3, -0.25) is 9.59 Å². The number of β-lactam (4-membered cyclic amide) rings is 1. The van der Waals surface area contributed by atoms with Gasteiger partial charge in [-0.05, 0) is 20.8 Å². The van der Waals surface area contributed by atoms with Crippen LogP contribution in [0, 0.1) is 6.92 Å². The van der Waals surface area contributed by atoms with Crippen molar-refractivity contribution in [2.75, 3.05) is 0 Å². The first-order chi connectivity index (χ1) is 13.2. The Hall–Kier alpha value is -1.85. The summed E-state index contributed by atoms with van der Waals surface area (Å²) in [5.74, 6) is -1.86. The first kappa shape index (κ1) is 24.4.